The number of aliphatic carboxylic acids is 1. The number of nitrogens with one attached hydrogen (secondary N) is 3. The van der Waals surface area contributed by atoms with Crippen molar-refractivity contribution in [1.29, 1.82) is 0 Å². The molecule has 0 radical (unpaired) electrons. The molecule has 196 valence electrons. The number of aliphatic imine (C=N–C) groups is 1. The first-order chi connectivity index (χ1) is 15.9. The van der Waals surface area contributed by atoms with Crippen LogP contribution in [0.4, 0.5) is 0 Å². The van der Waals surface area contributed by atoms with Gasteiger partial charge in [0.25, 0.3) is 0 Å². The molecule has 0 aliphatic carbocycles. The number of hydrogen-bond donors (Lipinski definition) is 9. The summed E-state index contributed by atoms with van der Waals surface area (Å²) in [6.45, 7) is 3.29. The van der Waals surface area contributed by atoms with Crippen LogP contribution >= 0.6 is 0 Å². The number of carbonyl (C=O) groups excluding carboxylic acids is 3. The Morgan fingerprint density at radius 2 is 1.38 bits per heavy atom. The average molecular weight is 489 g/mol. The smallest absolute Gasteiger partial charge is 0.326 e. The van der Waals surface area contributed by atoms with Crippen LogP contribution in [0.1, 0.15) is 46.0 Å². The number of nitrogens with zero attached hydrogens (tertiary/aromatic N) is 1. The van der Waals surface area contributed by atoms with Gasteiger partial charge in [-0.15, -0.1) is 0 Å². The third kappa shape index (κ3) is 12.3. The van der Waals surface area contributed by atoms with E-state index in [1.807, 2.05) is 0 Å². The van der Waals surface area contributed by atoms with Gasteiger partial charge in [-0.2, -0.15) is 0 Å². The minimum Gasteiger partial charge on any atom is -0.480 e. The lowest BCUT2D eigenvalue weighted by atomic mass is 10.0. The lowest BCUT2D eigenvalue weighted by Crippen LogP contribution is -2.58. The zero-order valence-corrected chi connectivity index (χ0v) is 19.8. The SMILES string of the molecule is CC(C)C(N)C(=O)NC(CO)C(=O)NC(CCCCN)C(=O)NC(CCCN=C(N)N)C(=O)O. The summed E-state index contributed by atoms with van der Waals surface area (Å²) in [4.78, 5) is 53.0. The molecule has 34 heavy (non-hydrogen) atoms. The van der Waals surface area contributed by atoms with Crippen molar-refractivity contribution in [3.05, 3.63) is 0 Å². The predicted molar refractivity (Wildman–Crippen MR) is 126 cm³/mol. The molecule has 4 unspecified atom stereocenters. The first-order valence-electron chi connectivity index (χ1n) is 11.2. The van der Waals surface area contributed by atoms with Gasteiger partial charge >= 0.3 is 5.97 Å². The molecule has 3 amide bonds. The molecule has 0 bridgehead atoms. The number of unbranched alkanes of at least 4 members (excludes halogenated alkanes) is 1. The highest BCUT2D eigenvalue weighted by Crippen LogP contribution is 2.05. The van der Waals surface area contributed by atoms with Gasteiger partial charge < -0.3 is 49.1 Å². The van der Waals surface area contributed by atoms with Crippen molar-refractivity contribution >= 4 is 29.7 Å². The summed E-state index contributed by atoms with van der Waals surface area (Å²) >= 11 is 0. The Kier molecular flexibility index (Phi) is 15.2. The van der Waals surface area contributed by atoms with Crippen molar-refractivity contribution in [1.82, 2.24) is 16.0 Å². The van der Waals surface area contributed by atoms with Crippen molar-refractivity contribution in [3.63, 3.8) is 0 Å². The van der Waals surface area contributed by atoms with E-state index < -0.39 is 54.5 Å². The maximum absolute atomic E-state index is 12.8. The fraction of sp³-hybridized carbons (Fsp3) is 0.750. The van der Waals surface area contributed by atoms with Gasteiger partial charge in [-0.1, -0.05) is 13.8 Å². The molecule has 4 atom stereocenters. The molecule has 0 spiro atoms. The number of rotatable bonds is 17. The van der Waals surface area contributed by atoms with Crippen molar-refractivity contribution < 1.29 is 29.4 Å². The minimum atomic E-state index is -1.34. The third-order valence-electron chi connectivity index (χ3n) is 4.98. The van der Waals surface area contributed by atoms with Gasteiger partial charge in [0.05, 0.1) is 12.6 Å². The summed E-state index contributed by atoms with van der Waals surface area (Å²) in [6.07, 6.45) is 1.58. The number of carboxylic acids is 1. The number of carboxylic acid groups (broad SMARTS) is 1. The Morgan fingerprint density at radius 1 is 0.853 bits per heavy atom. The van der Waals surface area contributed by atoms with E-state index in [0.29, 0.717) is 25.8 Å². The van der Waals surface area contributed by atoms with Crippen molar-refractivity contribution in [3.8, 4) is 0 Å². The van der Waals surface area contributed by atoms with Crippen LogP contribution in [0, 0.1) is 5.92 Å². The van der Waals surface area contributed by atoms with E-state index >= 15 is 0 Å². The van der Waals surface area contributed by atoms with Gasteiger partial charge in [0.2, 0.25) is 17.7 Å². The van der Waals surface area contributed by atoms with Crippen molar-refractivity contribution in [2.75, 3.05) is 19.7 Å². The Hall–Kier alpha value is -2.97. The topological polar surface area (TPSA) is 261 Å². The van der Waals surface area contributed by atoms with Gasteiger partial charge in [0.1, 0.15) is 18.1 Å². The highest BCUT2D eigenvalue weighted by atomic mass is 16.4. The number of aliphatic hydroxyl groups is 1. The molecule has 0 saturated carbocycles. The molecule has 14 heteroatoms. The number of aliphatic hydroxyl groups excluding tert-OH is 1. The molecule has 0 rings (SSSR count). The van der Waals surface area contributed by atoms with E-state index in [2.05, 4.69) is 20.9 Å². The second-order valence-corrected chi connectivity index (χ2v) is 8.21. The molecular formula is C20H40N8O6. The zero-order valence-electron chi connectivity index (χ0n) is 19.8. The van der Waals surface area contributed by atoms with E-state index in [1.165, 1.54) is 0 Å². The largest absolute Gasteiger partial charge is 0.480 e. The zero-order chi connectivity index (χ0) is 26.3. The van der Waals surface area contributed by atoms with E-state index in [0.717, 1.165) is 0 Å². The van der Waals surface area contributed by atoms with Crippen LogP contribution in [-0.4, -0.2) is 83.7 Å². The van der Waals surface area contributed by atoms with Crippen LogP contribution in [0.3, 0.4) is 0 Å². The summed E-state index contributed by atoms with van der Waals surface area (Å²) in [7, 11) is 0. The van der Waals surface area contributed by atoms with E-state index in [4.69, 9.17) is 22.9 Å². The fourth-order valence-electron chi connectivity index (χ4n) is 2.83. The van der Waals surface area contributed by atoms with Gasteiger partial charge in [0, 0.05) is 6.54 Å². The molecule has 13 N–H and O–H groups in total. The number of nitrogens with two attached hydrogens (primary N) is 4. The van der Waals surface area contributed by atoms with Crippen molar-refractivity contribution in [2.45, 2.75) is 70.1 Å². The quantitative estimate of drug-likeness (QED) is 0.0558. The lowest BCUT2D eigenvalue weighted by molar-refractivity contribution is -0.142. The monoisotopic (exact) mass is 488 g/mol. The highest BCUT2D eigenvalue weighted by molar-refractivity contribution is 5.94. The molecule has 0 saturated heterocycles. The number of carbonyl (C=O) groups is 4. The van der Waals surface area contributed by atoms with Crippen LogP contribution in [0.5, 0.6) is 0 Å². The molecular weight excluding hydrogens is 448 g/mol. The first-order valence-corrected chi connectivity index (χ1v) is 11.2. The van der Waals surface area contributed by atoms with Crippen molar-refractivity contribution in [2.24, 2.45) is 33.8 Å². The number of amides is 3. The Bertz CT molecular complexity index is 699. The molecule has 0 fully saturated rings. The van der Waals surface area contributed by atoms with Crippen LogP contribution in [0.15, 0.2) is 4.99 Å². The summed E-state index contributed by atoms with van der Waals surface area (Å²) in [5, 5.41) is 26.2. The maximum Gasteiger partial charge on any atom is 0.326 e. The van der Waals surface area contributed by atoms with Crippen LogP contribution < -0.4 is 38.9 Å². The van der Waals surface area contributed by atoms with Crippen LogP contribution in [0.25, 0.3) is 0 Å². The van der Waals surface area contributed by atoms with Crippen LogP contribution in [0.2, 0.25) is 0 Å². The molecule has 0 aliphatic heterocycles. The summed E-state index contributed by atoms with van der Waals surface area (Å²) in [5.41, 5.74) is 21.7. The Balaban J connectivity index is 5.28. The minimum absolute atomic E-state index is 0.0593. The predicted octanol–water partition coefficient (Wildman–Crippen LogP) is -3.32. The van der Waals surface area contributed by atoms with Crippen LogP contribution in [-0.2, 0) is 19.2 Å². The van der Waals surface area contributed by atoms with Gasteiger partial charge in [-0.05, 0) is 44.6 Å². The average Bonchev–Trinajstić information content (AvgIpc) is 2.77. The number of hydrogen-bond acceptors (Lipinski definition) is 8. The molecule has 0 aliphatic rings. The van der Waals surface area contributed by atoms with E-state index in [9.17, 15) is 29.4 Å². The summed E-state index contributed by atoms with van der Waals surface area (Å²) < 4.78 is 0. The first kappa shape index (κ1) is 31.0. The Morgan fingerprint density at radius 3 is 1.88 bits per heavy atom. The highest BCUT2D eigenvalue weighted by Gasteiger charge is 2.30. The standard InChI is InChI=1S/C20H40N8O6/c1-11(2)15(22)18(32)28-14(10-29)17(31)26-12(6-3-4-8-21)16(30)27-13(19(33)34)7-5-9-25-20(23)24/h11-15,29H,3-10,21-22H2,1-2H3,(H,26,31)(H,27,30)(H,28,32)(H,33,34)(H4,23,24,25). The molecule has 0 aromatic rings. The van der Waals surface area contributed by atoms with Gasteiger partial charge in [0.15, 0.2) is 5.96 Å². The second-order valence-electron chi connectivity index (χ2n) is 8.21. The second kappa shape index (κ2) is 16.6. The van der Waals surface area contributed by atoms with E-state index in [1.54, 1.807) is 13.8 Å². The molecule has 14 nitrogen and oxygen atoms in total. The molecule has 0 aromatic heterocycles. The van der Waals surface area contributed by atoms with E-state index in [-0.39, 0.29) is 31.3 Å². The normalized spacial score (nSPS) is 14.4. The molecule has 0 heterocycles. The number of guanidine groups is 1. The maximum atomic E-state index is 12.8. The molecule has 0 aromatic carbocycles. The summed E-state index contributed by atoms with van der Waals surface area (Å²) in [6, 6.07) is -4.56. The summed E-state index contributed by atoms with van der Waals surface area (Å²) in [5.74, 6) is -3.73. The lowest BCUT2D eigenvalue weighted by Gasteiger charge is -2.25. The van der Waals surface area contributed by atoms with Gasteiger partial charge in [-0.25, -0.2) is 4.79 Å². The Labute approximate surface area is 199 Å². The van der Waals surface area contributed by atoms with Gasteiger partial charge in [-0.3, -0.25) is 19.4 Å². The fourth-order valence-corrected chi connectivity index (χ4v) is 2.83. The third-order valence-corrected chi connectivity index (χ3v) is 4.98.